The first-order valence-corrected chi connectivity index (χ1v) is 10.4. The monoisotopic (exact) mass is 412 g/mol. The van der Waals surface area contributed by atoms with Crippen molar-refractivity contribution < 1.29 is 19.0 Å². The molecule has 30 heavy (non-hydrogen) atoms. The van der Waals surface area contributed by atoms with Crippen LogP contribution in [0.3, 0.4) is 0 Å². The Kier molecular flexibility index (Phi) is 6.32. The summed E-state index contributed by atoms with van der Waals surface area (Å²) in [5.74, 6) is 2.13. The van der Waals surface area contributed by atoms with E-state index in [0.29, 0.717) is 29.5 Å². The van der Waals surface area contributed by atoms with Gasteiger partial charge in [0.1, 0.15) is 11.5 Å². The van der Waals surface area contributed by atoms with Crippen LogP contribution < -0.4 is 19.7 Å². The largest absolute Gasteiger partial charge is 0.497 e. The summed E-state index contributed by atoms with van der Waals surface area (Å²) in [5, 5.41) is 3.11. The second kappa shape index (κ2) is 9.30. The first kappa shape index (κ1) is 20.4. The molecule has 8 heteroatoms. The fraction of sp³-hybridized carbons (Fsp3) is 0.500. The van der Waals surface area contributed by atoms with Crippen molar-refractivity contribution in [3.05, 3.63) is 41.7 Å². The molecule has 2 saturated heterocycles. The van der Waals surface area contributed by atoms with Crippen LogP contribution in [0.25, 0.3) is 0 Å². The van der Waals surface area contributed by atoms with Gasteiger partial charge in [0.2, 0.25) is 5.95 Å². The standard InChI is InChI=1S/C22H28N4O4/c1-28-17-3-4-20(29-2)18(13-17)21(27)24-16-6-10-26(14-16)22-23-9-5-19(25-22)15-7-11-30-12-8-15/h3-5,9,13,15-16H,6-8,10-12,14H2,1-2H3,(H,24,27). The Morgan fingerprint density at radius 1 is 1.17 bits per heavy atom. The van der Waals surface area contributed by atoms with Gasteiger partial charge in [-0.25, -0.2) is 9.97 Å². The summed E-state index contributed by atoms with van der Waals surface area (Å²) in [7, 11) is 3.13. The summed E-state index contributed by atoms with van der Waals surface area (Å²) in [5.41, 5.74) is 1.55. The van der Waals surface area contributed by atoms with Crippen molar-refractivity contribution in [2.24, 2.45) is 0 Å². The lowest BCUT2D eigenvalue weighted by Gasteiger charge is -2.23. The Morgan fingerprint density at radius 3 is 2.77 bits per heavy atom. The number of methoxy groups -OCH3 is 2. The van der Waals surface area contributed by atoms with Gasteiger partial charge < -0.3 is 24.4 Å². The van der Waals surface area contributed by atoms with Gasteiger partial charge in [-0.05, 0) is 43.5 Å². The maximum Gasteiger partial charge on any atom is 0.255 e. The molecule has 2 fully saturated rings. The minimum absolute atomic E-state index is 0.0174. The second-order valence-corrected chi connectivity index (χ2v) is 7.64. The SMILES string of the molecule is COc1ccc(OC)c(C(=O)NC2CCN(c3nccc(C4CCOCC4)n3)C2)c1. The minimum Gasteiger partial charge on any atom is -0.497 e. The van der Waals surface area contributed by atoms with Crippen LogP contribution >= 0.6 is 0 Å². The summed E-state index contributed by atoms with van der Waals surface area (Å²) >= 11 is 0. The van der Waals surface area contributed by atoms with E-state index in [9.17, 15) is 4.79 Å². The highest BCUT2D eigenvalue weighted by Crippen LogP contribution is 2.27. The summed E-state index contributed by atoms with van der Waals surface area (Å²) in [6.45, 7) is 3.05. The molecule has 2 aromatic rings. The Labute approximate surface area is 176 Å². The molecule has 1 N–H and O–H groups in total. The quantitative estimate of drug-likeness (QED) is 0.780. The van der Waals surface area contributed by atoms with Crippen molar-refractivity contribution in [2.45, 2.75) is 31.2 Å². The van der Waals surface area contributed by atoms with E-state index in [0.717, 1.165) is 50.7 Å². The second-order valence-electron chi connectivity index (χ2n) is 7.64. The third-order valence-corrected chi connectivity index (χ3v) is 5.76. The number of anilines is 1. The predicted molar refractivity (Wildman–Crippen MR) is 112 cm³/mol. The van der Waals surface area contributed by atoms with E-state index in [2.05, 4.69) is 15.2 Å². The zero-order valence-electron chi connectivity index (χ0n) is 17.5. The normalized spacial score (nSPS) is 19.5. The van der Waals surface area contributed by atoms with Gasteiger partial charge in [0.25, 0.3) is 5.91 Å². The van der Waals surface area contributed by atoms with Crippen LogP contribution in [0.1, 0.15) is 41.2 Å². The topological polar surface area (TPSA) is 85.8 Å². The molecule has 3 heterocycles. The van der Waals surface area contributed by atoms with Crippen molar-refractivity contribution in [3.8, 4) is 11.5 Å². The lowest BCUT2D eigenvalue weighted by Crippen LogP contribution is -2.37. The number of carbonyl (C=O) groups excluding carboxylic acids is 1. The Bertz CT molecular complexity index is 885. The maximum absolute atomic E-state index is 12.8. The first-order valence-electron chi connectivity index (χ1n) is 10.4. The molecule has 4 rings (SSSR count). The van der Waals surface area contributed by atoms with Crippen LogP contribution in [0.5, 0.6) is 11.5 Å². The summed E-state index contributed by atoms with van der Waals surface area (Å²) in [4.78, 5) is 24.3. The van der Waals surface area contributed by atoms with Gasteiger partial charge in [-0.2, -0.15) is 0 Å². The molecule has 0 radical (unpaired) electrons. The van der Waals surface area contributed by atoms with Crippen LogP contribution in [0.2, 0.25) is 0 Å². The number of ether oxygens (including phenoxy) is 3. The first-order chi connectivity index (χ1) is 14.7. The van der Waals surface area contributed by atoms with Gasteiger partial charge in [0, 0.05) is 50.2 Å². The molecule has 8 nitrogen and oxygen atoms in total. The van der Waals surface area contributed by atoms with E-state index in [1.54, 1.807) is 32.4 Å². The van der Waals surface area contributed by atoms with E-state index in [-0.39, 0.29) is 11.9 Å². The summed E-state index contributed by atoms with van der Waals surface area (Å²) < 4.78 is 16.0. The molecule has 0 aliphatic carbocycles. The Hall–Kier alpha value is -2.87. The molecule has 2 aliphatic rings. The minimum atomic E-state index is -0.172. The number of hydrogen-bond acceptors (Lipinski definition) is 7. The number of hydrogen-bond donors (Lipinski definition) is 1. The van der Waals surface area contributed by atoms with E-state index in [1.807, 2.05) is 12.3 Å². The summed E-state index contributed by atoms with van der Waals surface area (Å²) in [6, 6.07) is 7.23. The Morgan fingerprint density at radius 2 is 2.00 bits per heavy atom. The molecule has 1 aromatic carbocycles. The van der Waals surface area contributed by atoms with E-state index in [4.69, 9.17) is 19.2 Å². The predicted octanol–water partition coefficient (Wildman–Crippen LogP) is 2.40. The third-order valence-electron chi connectivity index (χ3n) is 5.76. The van der Waals surface area contributed by atoms with Crippen LogP contribution in [-0.4, -0.2) is 62.4 Å². The molecular weight excluding hydrogens is 384 g/mol. The van der Waals surface area contributed by atoms with E-state index >= 15 is 0 Å². The molecule has 0 spiro atoms. The number of benzene rings is 1. The average Bonchev–Trinajstić information content (AvgIpc) is 3.27. The van der Waals surface area contributed by atoms with E-state index < -0.39 is 0 Å². The van der Waals surface area contributed by atoms with Gasteiger partial charge in [0.05, 0.1) is 19.8 Å². The molecule has 1 atom stereocenters. The highest BCUT2D eigenvalue weighted by atomic mass is 16.5. The zero-order valence-corrected chi connectivity index (χ0v) is 17.5. The van der Waals surface area contributed by atoms with Gasteiger partial charge in [0.15, 0.2) is 0 Å². The summed E-state index contributed by atoms with van der Waals surface area (Å²) in [6.07, 6.45) is 4.66. The Balaban J connectivity index is 1.41. The van der Waals surface area contributed by atoms with Gasteiger partial charge in [-0.3, -0.25) is 4.79 Å². The fourth-order valence-electron chi connectivity index (χ4n) is 4.05. The smallest absolute Gasteiger partial charge is 0.255 e. The van der Waals surface area contributed by atoms with Crippen LogP contribution in [0.4, 0.5) is 5.95 Å². The zero-order chi connectivity index (χ0) is 20.9. The molecular formula is C22H28N4O4. The van der Waals surface area contributed by atoms with Crippen molar-refractivity contribution >= 4 is 11.9 Å². The molecule has 0 bridgehead atoms. The van der Waals surface area contributed by atoms with Crippen LogP contribution in [0.15, 0.2) is 30.5 Å². The number of aromatic nitrogens is 2. The van der Waals surface area contributed by atoms with Crippen molar-refractivity contribution in [1.29, 1.82) is 0 Å². The average molecular weight is 412 g/mol. The van der Waals surface area contributed by atoms with Gasteiger partial charge >= 0.3 is 0 Å². The van der Waals surface area contributed by atoms with Crippen molar-refractivity contribution in [3.63, 3.8) is 0 Å². The third kappa shape index (κ3) is 4.48. The molecule has 1 amide bonds. The lowest BCUT2D eigenvalue weighted by molar-refractivity contribution is 0.0845. The maximum atomic E-state index is 12.8. The number of nitrogens with one attached hydrogen (secondary N) is 1. The number of rotatable bonds is 6. The number of amides is 1. The molecule has 1 unspecified atom stereocenters. The molecule has 1 aromatic heterocycles. The van der Waals surface area contributed by atoms with E-state index in [1.165, 1.54) is 0 Å². The van der Waals surface area contributed by atoms with Gasteiger partial charge in [-0.1, -0.05) is 0 Å². The van der Waals surface area contributed by atoms with Crippen molar-refractivity contribution in [2.75, 3.05) is 45.4 Å². The molecule has 2 aliphatic heterocycles. The lowest BCUT2D eigenvalue weighted by atomic mass is 9.96. The van der Waals surface area contributed by atoms with Gasteiger partial charge in [-0.15, -0.1) is 0 Å². The molecule has 0 saturated carbocycles. The molecule has 160 valence electrons. The number of nitrogens with zero attached hydrogens (tertiary/aromatic N) is 3. The highest BCUT2D eigenvalue weighted by molar-refractivity contribution is 5.97. The number of carbonyl (C=O) groups is 1. The highest BCUT2D eigenvalue weighted by Gasteiger charge is 2.28. The van der Waals surface area contributed by atoms with Crippen LogP contribution in [-0.2, 0) is 4.74 Å². The van der Waals surface area contributed by atoms with Crippen LogP contribution in [0, 0.1) is 0 Å². The fourth-order valence-corrected chi connectivity index (χ4v) is 4.05. The van der Waals surface area contributed by atoms with Crippen molar-refractivity contribution in [1.82, 2.24) is 15.3 Å².